The topological polar surface area (TPSA) is 66.5 Å². The number of fused-ring (bicyclic) bond motifs is 1. The minimum Gasteiger partial charge on any atom is -0.322 e. The second-order valence-electron chi connectivity index (χ2n) is 5.15. The van der Waals surface area contributed by atoms with Gasteiger partial charge >= 0.3 is 0 Å². The van der Waals surface area contributed by atoms with Crippen LogP contribution in [0.4, 0.5) is 0 Å². The first-order valence-corrected chi connectivity index (χ1v) is 6.79. The SMILES string of the molecule is Cc1cc(Cl)cc2c1CN(C1CCC(=O)NC1=O)C2=O. The summed E-state index contributed by atoms with van der Waals surface area (Å²) in [5, 5.41) is 2.80. The van der Waals surface area contributed by atoms with Gasteiger partial charge in [-0.15, -0.1) is 0 Å². The normalized spacial score (nSPS) is 22.0. The van der Waals surface area contributed by atoms with Gasteiger partial charge in [-0.25, -0.2) is 0 Å². The van der Waals surface area contributed by atoms with E-state index in [9.17, 15) is 14.4 Å². The van der Waals surface area contributed by atoms with Gasteiger partial charge in [0.05, 0.1) is 0 Å². The van der Waals surface area contributed by atoms with Crippen LogP contribution in [0.3, 0.4) is 0 Å². The third-order valence-corrected chi connectivity index (χ3v) is 4.06. The van der Waals surface area contributed by atoms with Crippen molar-refractivity contribution in [2.75, 3.05) is 0 Å². The lowest BCUT2D eigenvalue weighted by Crippen LogP contribution is -2.52. The third-order valence-electron chi connectivity index (χ3n) is 3.84. The first kappa shape index (κ1) is 13.1. The number of amides is 3. The van der Waals surface area contributed by atoms with Gasteiger partial charge in [-0.2, -0.15) is 0 Å². The first-order chi connectivity index (χ1) is 9.47. The number of rotatable bonds is 1. The van der Waals surface area contributed by atoms with Gasteiger partial charge in [0, 0.05) is 23.6 Å². The molecule has 1 unspecified atom stereocenters. The van der Waals surface area contributed by atoms with Crippen LogP contribution in [-0.2, 0) is 16.1 Å². The smallest absolute Gasteiger partial charge is 0.255 e. The standard InChI is InChI=1S/C14H13ClN2O3/c1-7-4-8(15)5-9-10(7)6-17(14(9)20)11-2-3-12(18)16-13(11)19/h4-5,11H,2-3,6H2,1H3,(H,16,18,19). The summed E-state index contributed by atoms with van der Waals surface area (Å²) in [6.45, 7) is 2.29. The number of halogens is 1. The van der Waals surface area contributed by atoms with Crippen LogP contribution in [0.1, 0.15) is 34.3 Å². The molecule has 2 aliphatic heterocycles. The zero-order chi connectivity index (χ0) is 14.4. The Labute approximate surface area is 120 Å². The highest BCUT2D eigenvalue weighted by Gasteiger charge is 2.39. The summed E-state index contributed by atoms with van der Waals surface area (Å²) >= 11 is 5.98. The minimum atomic E-state index is -0.578. The van der Waals surface area contributed by atoms with E-state index in [1.807, 2.05) is 13.0 Å². The van der Waals surface area contributed by atoms with Crippen molar-refractivity contribution in [1.29, 1.82) is 0 Å². The molecule has 0 aromatic heterocycles. The molecule has 1 fully saturated rings. The van der Waals surface area contributed by atoms with Gasteiger partial charge in [0.25, 0.3) is 5.91 Å². The van der Waals surface area contributed by atoms with E-state index in [1.165, 1.54) is 4.90 Å². The number of benzene rings is 1. The molecule has 20 heavy (non-hydrogen) atoms. The highest BCUT2D eigenvalue weighted by Crippen LogP contribution is 2.31. The monoisotopic (exact) mass is 292 g/mol. The fraction of sp³-hybridized carbons (Fsp3) is 0.357. The van der Waals surface area contributed by atoms with Crippen molar-refractivity contribution >= 4 is 29.3 Å². The van der Waals surface area contributed by atoms with Crippen LogP contribution in [0.2, 0.25) is 5.02 Å². The number of carbonyl (C=O) groups excluding carboxylic acids is 3. The maximum Gasteiger partial charge on any atom is 0.255 e. The van der Waals surface area contributed by atoms with E-state index < -0.39 is 11.9 Å². The molecule has 0 bridgehead atoms. The van der Waals surface area contributed by atoms with Crippen molar-refractivity contribution in [3.8, 4) is 0 Å². The highest BCUT2D eigenvalue weighted by molar-refractivity contribution is 6.31. The molecule has 1 aromatic rings. The second-order valence-corrected chi connectivity index (χ2v) is 5.59. The number of carbonyl (C=O) groups is 3. The fourth-order valence-corrected chi connectivity index (χ4v) is 3.07. The number of nitrogens with one attached hydrogen (secondary N) is 1. The second kappa shape index (κ2) is 4.59. The van der Waals surface area contributed by atoms with E-state index in [0.29, 0.717) is 23.6 Å². The Bertz CT molecular complexity index is 642. The number of hydrogen-bond donors (Lipinski definition) is 1. The molecule has 2 aliphatic rings. The number of imide groups is 1. The molecule has 104 valence electrons. The summed E-state index contributed by atoms with van der Waals surface area (Å²) in [7, 11) is 0. The van der Waals surface area contributed by atoms with Crippen molar-refractivity contribution in [2.24, 2.45) is 0 Å². The quantitative estimate of drug-likeness (QED) is 0.796. The van der Waals surface area contributed by atoms with Gasteiger partial charge in [-0.1, -0.05) is 11.6 Å². The maximum absolute atomic E-state index is 12.4. The van der Waals surface area contributed by atoms with Crippen molar-refractivity contribution in [1.82, 2.24) is 10.2 Å². The third kappa shape index (κ3) is 1.98. The Morgan fingerprint density at radius 1 is 1.30 bits per heavy atom. The van der Waals surface area contributed by atoms with Crippen LogP contribution in [0.5, 0.6) is 0 Å². The predicted molar refractivity (Wildman–Crippen MR) is 72.2 cm³/mol. The molecule has 6 heteroatoms. The molecule has 0 saturated carbocycles. The van der Waals surface area contributed by atoms with Gasteiger partial charge < -0.3 is 4.90 Å². The van der Waals surface area contributed by atoms with Crippen molar-refractivity contribution in [3.05, 3.63) is 33.8 Å². The van der Waals surface area contributed by atoms with Gasteiger partial charge in [0.2, 0.25) is 11.8 Å². The maximum atomic E-state index is 12.4. The van der Waals surface area contributed by atoms with Crippen LogP contribution in [-0.4, -0.2) is 28.7 Å². The molecule has 0 spiro atoms. The Morgan fingerprint density at radius 2 is 2.05 bits per heavy atom. The van der Waals surface area contributed by atoms with Crippen LogP contribution in [0.15, 0.2) is 12.1 Å². The van der Waals surface area contributed by atoms with Crippen LogP contribution in [0.25, 0.3) is 0 Å². The first-order valence-electron chi connectivity index (χ1n) is 6.41. The molecular formula is C14H13ClN2O3. The van der Waals surface area contributed by atoms with E-state index in [-0.39, 0.29) is 18.2 Å². The average molecular weight is 293 g/mol. The van der Waals surface area contributed by atoms with Gasteiger partial charge in [0.15, 0.2) is 0 Å². The van der Waals surface area contributed by atoms with Gasteiger partial charge in [0.1, 0.15) is 6.04 Å². The number of hydrogen-bond acceptors (Lipinski definition) is 3. The van der Waals surface area contributed by atoms with E-state index in [2.05, 4.69) is 5.32 Å². The summed E-state index contributed by atoms with van der Waals surface area (Å²) in [4.78, 5) is 37.0. The van der Waals surface area contributed by atoms with Crippen LogP contribution >= 0.6 is 11.6 Å². The molecular weight excluding hydrogens is 280 g/mol. The average Bonchev–Trinajstić information content (AvgIpc) is 2.68. The molecule has 1 aromatic carbocycles. The molecule has 1 atom stereocenters. The lowest BCUT2D eigenvalue weighted by atomic mass is 10.0. The number of nitrogens with zero attached hydrogens (tertiary/aromatic N) is 1. The molecule has 5 nitrogen and oxygen atoms in total. The largest absolute Gasteiger partial charge is 0.322 e. The molecule has 3 amide bonds. The van der Waals surface area contributed by atoms with Crippen molar-refractivity contribution in [3.63, 3.8) is 0 Å². The fourth-order valence-electron chi connectivity index (χ4n) is 2.80. The lowest BCUT2D eigenvalue weighted by Gasteiger charge is -2.29. The van der Waals surface area contributed by atoms with Crippen molar-refractivity contribution in [2.45, 2.75) is 32.4 Å². The summed E-state index contributed by atoms with van der Waals surface area (Å²) in [5.41, 5.74) is 2.40. The van der Waals surface area contributed by atoms with Crippen LogP contribution in [0, 0.1) is 6.92 Å². The molecule has 0 radical (unpaired) electrons. The molecule has 1 N–H and O–H groups in total. The zero-order valence-corrected chi connectivity index (χ0v) is 11.7. The van der Waals surface area contributed by atoms with Crippen LogP contribution < -0.4 is 5.32 Å². The summed E-state index contributed by atoms with van der Waals surface area (Å²) in [5.74, 6) is -0.874. The lowest BCUT2D eigenvalue weighted by molar-refractivity contribution is -0.136. The number of piperidine rings is 1. The Balaban J connectivity index is 1.92. The molecule has 0 aliphatic carbocycles. The van der Waals surface area contributed by atoms with E-state index >= 15 is 0 Å². The highest BCUT2D eigenvalue weighted by atomic mass is 35.5. The molecule has 3 rings (SSSR count). The summed E-state index contributed by atoms with van der Waals surface area (Å²) in [6.07, 6.45) is 0.632. The van der Waals surface area contributed by atoms with Gasteiger partial charge in [-0.05, 0) is 36.6 Å². The Hall–Kier alpha value is -1.88. The zero-order valence-electron chi connectivity index (χ0n) is 10.9. The summed E-state index contributed by atoms with van der Waals surface area (Å²) in [6, 6.07) is 2.87. The van der Waals surface area contributed by atoms with E-state index in [0.717, 1.165) is 11.1 Å². The van der Waals surface area contributed by atoms with E-state index in [4.69, 9.17) is 11.6 Å². The van der Waals surface area contributed by atoms with Gasteiger partial charge in [-0.3, -0.25) is 19.7 Å². The Morgan fingerprint density at radius 3 is 2.75 bits per heavy atom. The van der Waals surface area contributed by atoms with E-state index in [1.54, 1.807) is 6.07 Å². The predicted octanol–water partition coefficient (Wildman–Crippen LogP) is 1.41. The molecule has 1 saturated heterocycles. The van der Waals surface area contributed by atoms with Crippen molar-refractivity contribution < 1.29 is 14.4 Å². The number of aryl methyl sites for hydroxylation is 1. The molecule has 2 heterocycles. The minimum absolute atomic E-state index is 0.194. The Kier molecular flexibility index (Phi) is 3.01. The summed E-state index contributed by atoms with van der Waals surface area (Å²) < 4.78 is 0.